The minimum absolute atomic E-state index is 0.0113. The van der Waals surface area contributed by atoms with Crippen LogP contribution < -0.4 is 14.2 Å². The third-order valence-electron chi connectivity index (χ3n) is 13.9. The predicted molar refractivity (Wildman–Crippen MR) is 280 cm³/mol. The maximum atomic E-state index is 14.4. The molecule has 1 unspecified atom stereocenters. The molecule has 8 aromatic rings. The van der Waals surface area contributed by atoms with E-state index in [2.05, 4.69) is 41.8 Å². The molecule has 0 spiro atoms. The summed E-state index contributed by atoms with van der Waals surface area (Å²) in [5.41, 5.74) is 6.00. The number of aromatic hydroxyl groups is 1. The molecule has 4 heterocycles. The van der Waals surface area contributed by atoms with Crippen molar-refractivity contribution in [2.24, 2.45) is 11.8 Å². The quantitative estimate of drug-likeness (QED) is 0.0958. The van der Waals surface area contributed by atoms with E-state index in [1.165, 1.54) is 59.9 Å². The normalized spacial score (nSPS) is 17.4. The number of fused-ring (bicyclic) bond motifs is 2. The summed E-state index contributed by atoms with van der Waals surface area (Å²) in [7, 11) is 0. The second-order valence-corrected chi connectivity index (χ2v) is 21.5. The first kappa shape index (κ1) is 47.3. The number of phenols is 1. The van der Waals surface area contributed by atoms with Crippen molar-refractivity contribution in [3.05, 3.63) is 176 Å². The van der Waals surface area contributed by atoms with Crippen LogP contribution in [0.15, 0.2) is 121 Å². The van der Waals surface area contributed by atoms with Gasteiger partial charge in [0.2, 0.25) is 11.6 Å². The van der Waals surface area contributed by atoms with Gasteiger partial charge in [0, 0.05) is 69.9 Å². The Morgan fingerprint density at radius 2 is 1.19 bits per heavy atom. The molecular formula is C59H57FN2O6S2. The maximum Gasteiger partial charge on any atom is 0.207 e. The molecule has 0 aliphatic carbocycles. The van der Waals surface area contributed by atoms with Gasteiger partial charge in [-0.1, -0.05) is 61.9 Å². The highest BCUT2D eigenvalue weighted by molar-refractivity contribution is 7.22. The summed E-state index contributed by atoms with van der Waals surface area (Å²) in [6, 6.07) is 37.4. The Morgan fingerprint density at radius 1 is 0.629 bits per heavy atom. The first-order valence-corrected chi connectivity index (χ1v) is 25.8. The van der Waals surface area contributed by atoms with Gasteiger partial charge in [-0.05, 0) is 154 Å². The molecule has 70 heavy (non-hydrogen) atoms. The van der Waals surface area contributed by atoms with Gasteiger partial charge in [-0.2, -0.15) is 0 Å². The second kappa shape index (κ2) is 20.2. The molecule has 0 radical (unpaired) electrons. The number of halogens is 1. The third-order valence-corrected chi connectivity index (χ3v) is 16.1. The molecule has 0 amide bonds. The van der Waals surface area contributed by atoms with Crippen LogP contribution in [-0.2, 0) is 12.8 Å². The van der Waals surface area contributed by atoms with Crippen molar-refractivity contribution >= 4 is 54.4 Å². The first-order valence-electron chi connectivity index (χ1n) is 24.2. The fourth-order valence-electron chi connectivity index (χ4n) is 9.79. The smallest absolute Gasteiger partial charge is 0.207 e. The molecule has 1 N–H and O–H groups in total. The minimum Gasteiger partial charge on any atom is -0.508 e. The Labute approximate surface area is 416 Å². The van der Waals surface area contributed by atoms with Crippen molar-refractivity contribution in [1.82, 2.24) is 9.80 Å². The number of carbonyl (C=O) groups is 2. The van der Waals surface area contributed by atoms with Crippen molar-refractivity contribution in [2.75, 3.05) is 39.3 Å². The van der Waals surface area contributed by atoms with Gasteiger partial charge in [-0.3, -0.25) is 14.5 Å². The van der Waals surface area contributed by atoms with Crippen molar-refractivity contribution in [1.29, 1.82) is 0 Å². The number of nitrogens with zero attached hydrogens (tertiary/aromatic N) is 2. The summed E-state index contributed by atoms with van der Waals surface area (Å²) >= 11 is 2.67. The van der Waals surface area contributed by atoms with Crippen LogP contribution in [0.3, 0.4) is 0 Å². The Morgan fingerprint density at radius 3 is 1.80 bits per heavy atom. The maximum absolute atomic E-state index is 14.4. The van der Waals surface area contributed by atoms with Gasteiger partial charge in [0.25, 0.3) is 0 Å². The molecule has 358 valence electrons. The number of rotatable bonds is 16. The van der Waals surface area contributed by atoms with E-state index in [1.807, 2.05) is 80.6 Å². The zero-order valence-electron chi connectivity index (χ0n) is 40.2. The monoisotopic (exact) mass is 972 g/mol. The molecule has 2 fully saturated rings. The molecule has 0 saturated carbocycles. The zero-order chi connectivity index (χ0) is 48.6. The summed E-state index contributed by atoms with van der Waals surface area (Å²) in [4.78, 5) is 34.1. The van der Waals surface area contributed by atoms with Gasteiger partial charge in [0.15, 0.2) is 11.5 Å². The molecule has 0 bridgehead atoms. The highest BCUT2D eigenvalue weighted by Gasteiger charge is 2.32. The summed E-state index contributed by atoms with van der Waals surface area (Å²) in [5.74, 6) is 3.29. The van der Waals surface area contributed by atoms with Crippen LogP contribution in [-0.4, -0.2) is 71.8 Å². The molecule has 11 heteroatoms. The lowest BCUT2D eigenvalue weighted by Crippen LogP contribution is -2.27. The summed E-state index contributed by atoms with van der Waals surface area (Å²) in [6.45, 7) is 16.3. The van der Waals surface area contributed by atoms with E-state index in [4.69, 9.17) is 14.2 Å². The van der Waals surface area contributed by atoms with Gasteiger partial charge < -0.3 is 24.2 Å². The topological polar surface area (TPSA) is 88.5 Å². The van der Waals surface area contributed by atoms with Crippen LogP contribution in [0.1, 0.15) is 78.6 Å². The summed E-state index contributed by atoms with van der Waals surface area (Å²) < 4.78 is 35.7. The van der Waals surface area contributed by atoms with Crippen molar-refractivity contribution in [2.45, 2.75) is 60.0 Å². The second-order valence-electron chi connectivity index (χ2n) is 19.4. The highest BCUT2D eigenvalue weighted by atomic mass is 32.1. The number of aryl methyl sites for hydroxylation is 3. The third kappa shape index (κ3) is 10.3. The van der Waals surface area contributed by atoms with E-state index in [1.54, 1.807) is 31.2 Å². The predicted octanol–water partition coefficient (Wildman–Crippen LogP) is 13.8. The van der Waals surface area contributed by atoms with Gasteiger partial charge >= 0.3 is 0 Å². The van der Waals surface area contributed by atoms with E-state index in [9.17, 15) is 19.1 Å². The number of ether oxygens (including phenoxy) is 3. The zero-order valence-corrected chi connectivity index (χ0v) is 41.9. The molecule has 2 aliphatic heterocycles. The average molecular weight is 973 g/mol. The van der Waals surface area contributed by atoms with Crippen LogP contribution in [0.4, 0.5) is 4.39 Å². The fraction of sp³-hybridized carbons (Fsp3) is 0.288. The fourth-order valence-corrected chi connectivity index (χ4v) is 12.0. The van der Waals surface area contributed by atoms with E-state index in [0.29, 0.717) is 59.9 Å². The van der Waals surface area contributed by atoms with E-state index in [-0.39, 0.29) is 29.0 Å². The molecule has 10 rings (SSSR count). The molecule has 8 nitrogen and oxygen atoms in total. The number of carbonyl (C=O) groups excluding carboxylic acids is 2. The number of benzene rings is 6. The number of hydrogen-bond donors (Lipinski definition) is 1. The lowest BCUT2D eigenvalue weighted by molar-refractivity contribution is 0.103. The van der Waals surface area contributed by atoms with Gasteiger partial charge in [-0.15, -0.1) is 22.7 Å². The first-order chi connectivity index (χ1) is 33.8. The van der Waals surface area contributed by atoms with Crippen LogP contribution >= 0.6 is 22.7 Å². The number of ketones is 2. The number of hydrogen-bond acceptors (Lipinski definition) is 10. The van der Waals surface area contributed by atoms with Crippen LogP contribution in [0.25, 0.3) is 20.2 Å². The number of likely N-dealkylation sites (tertiary alicyclic amines) is 2. The van der Waals surface area contributed by atoms with Crippen LogP contribution in [0, 0.1) is 38.4 Å². The van der Waals surface area contributed by atoms with E-state index in [0.717, 1.165) is 77.5 Å². The summed E-state index contributed by atoms with van der Waals surface area (Å²) in [5, 5.41) is 11.8. The number of thiophene rings is 2. The van der Waals surface area contributed by atoms with Crippen LogP contribution in [0.2, 0.25) is 0 Å². The molecule has 3 atom stereocenters. The largest absolute Gasteiger partial charge is 0.508 e. The lowest BCUT2D eigenvalue weighted by Gasteiger charge is -2.18. The Kier molecular flexibility index (Phi) is 13.6. The van der Waals surface area contributed by atoms with E-state index < -0.39 is 5.82 Å². The highest BCUT2D eigenvalue weighted by Crippen LogP contribution is 2.45. The Hall–Kier alpha value is -6.37. The molecule has 2 saturated heterocycles. The molecule has 2 aliphatic rings. The van der Waals surface area contributed by atoms with Gasteiger partial charge in [-0.25, -0.2) is 4.39 Å². The van der Waals surface area contributed by atoms with Gasteiger partial charge in [0.05, 0.1) is 0 Å². The number of phenolic OH excluding ortho intramolecular Hbond substituents is 1. The molecular weight excluding hydrogens is 916 g/mol. The van der Waals surface area contributed by atoms with E-state index >= 15 is 0 Å². The summed E-state index contributed by atoms with van der Waals surface area (Å²) in [6.07, 6.45) is 3.08. The average Bonchev–Trinajstić information content (AvgIpc) is 4.13. The van der Waals surface area contributed by atoms with Crippen LogP contribution in [0.5, 0.6) is 34.5 Å². The lowest BCUT2D eigenvalue weighted by atomic mass is 10.0. The molecule has 2 aromatic heterocycles. The van der Waals surface area contributed by atoms with Gasteiger partial charge in [0.1, 0.15) is 44.7 Å². The standard InChI is InChI=1S/C59H57FN2O6S2/c1-35-6-7-37(3)49(28-35)54(64)58-57(68-45-15-9-40(10-16-45)23-26-61-25-22-36(2)32-61)48-21-19-46(31-53(48)70-58)66-51-34-62(33-39(51)5)27-24-41-11-17-44(18-12-41)67-56-47-20-14-43(63)30-52(47)69-59(56)55(65)50-29-42(60)13-8-38(50)4/h6-21,28-31,36,39,51,63H,22-27,32-34H2,1-5H3/t36-,39+,51?/m0/s1. The van der Waals surface area contributed by atoms with Crippen molar-refractivity contribution in [3.63, 3.8) is 0 Å². The Balaban J connectivity index is 0.806. The SMILES string of the molecule is Cc1ccc(C)c(C(=O)c2sc3cc(OC4CN(CCc5ccc(Oc6c(C(=O)c7cc(F)ccc7C)sc7cc(O)ccc67)cc5)C[C@H]4C)ccc3c2Oc2ccc(CCN3CC[C@H](C)C3)cc2)c1. The minimum atomic E-state index is -0.485. The Bertz CT molecular complexity index is 3230. The molecule has 6 aromatic carbocycles. The van der Waals surface area contributed by atoms with Crippen molar-refractivity contribution < 1.29 is 33.3 Å². The van der Waals surface area contributed by atoms with Crippen molar-refractivity contribution in [3.8, 4) is 34.5 Å².